The minimum atomic E-state index is -1.30. The molecule has 0 bridgehead atoms. The van der Waals surface area contributed by atoms with Crippen LogP contribution in [-0.2, 0) is 20.7 Å². The molecular formula is C31H34N2O7. The lowest BCUT2D eigenvalue weighted by atomic mass is 9.98. The van der Waals surface area contributed by atoms with Crippen molar-refractivity contribution in [1.82, 2.24) is 10.6 Å². The quantitative estimate of drug-likeness (QED) is 0.322. The molecule has 0 aliphatic heterocycles. The number of carboxylic acids is 1. The van der Waals surface area contributed by atoms with E-state index in [1.165, 1.54) is 0 Å². The number of carbonyl (C=O) groups is 3. The van der Waals surface area contributed by atoms with Gasteiger partial charge in [-0.25, -0.2) is 14.4 Å². The van der Waals surface area contributed by atoms with Crippen LogP contribution in [0.3, 0.4) is 0 Å². The van der Waals surface area contributed by atoms with Gasteiger partial charge in [0.1, 0.15) is 24.6 Å². The Hall–Kier alpha value is -4.53. The average Bonchev–Trinajstić information content (AvgIpc) is 3.23. The van der Waals surface area contributed by atoms with Gasteiger partial charge >= 0.3 is 18.2 Å². The molecule has 1 aliphatic rings. The molecule has 3 aromatic carbocycles. The number of alkyl carbamates (subject to hydrolysis) is 2. The molecule has 0 aromatic heterocycles. The zero-order valence-electron chi connectivity index (χ0n) is 22.8. The summed E-state index contributed by atoms with van der Waals surface area (Å²) in [5, 5.41) is 14.7. The molecular weight excluding hydrogens is 512 g/mol. The zero-order chi connectivity index (χ0) is 28.7. The fourth-order valence-electron chi connectivity index (χ4n) is 4.51. The van der Waals surface area contributed by atoms with E-state index in [2.05, 4.69) is 10.6 Å². The topological polar surface area (TPSA) is 123 Å². The Balaban J connectivity index is 1.24. The van der Waals surface area contributed by atoms with Gasteiger partial charge in [-0.15, -0.1) is 0 Å². The van der Waals surface area contributed by atoms with Crippen LogP contribution in [-0.4, -0.2) is 54.7 Å². The highest BCUT2D eigenvalue weighted by molar-refractivity contribution is 5.81. The van der Waals surface area contributed by atoms with Crippen LogP contribution in [0.5, 0.6) is 5.75 Å². The highest BCUT2D eigenvalue weighted by atomic mass is 16.6. The maximum Gasteiger partial charge on any atom is 0.407 e. The number of hydrogen-bond donors (Lipinski definition) is 3. The Morgan fingerprint density at radius 1 is 0.875 bits per heavy atom. The number of carboxylic acid groups (broad SMARTS) is 1. The van der Waals surface area contributed by atoms with Gasteiger partial charge in [-0.2, -0.15) is 0 Å². The van der Waals surface area contributed by atoms with Crippen LogP contribution >= 0.6 is 0 Å². The lowest BCUT2D eigenvalue weighted by molar-refractivity contribution is -0.140. The minimum absolute atomic E-state index is 0.0807. The molecule has 40 heavy (non-hydrogen) atoms. The molecule has 1 atom stereocenters. The lowest BCUT2D eigenvalue weighted by Crippen LogP contribution is -2.45. The zero-order valence-corrected chi connectivity index (χ0v) is 22.8. The average molecular weight is 547 g/mol. The third kappa shape index (κ3) is 7.53. The molecule has 0 heterocycles. The van der Waals surface area contributed by atoms with Crippen molar-refractivity contribution in [2.75, 3.05) is 19.8 Å². The third-order valence-corrected chi connectivity index (χ3v) is 6.36. The normalized spacial score (nSPS) is 13.0. The van der Waals surface area contributed by atoms with E-state index in [1.807, 2.05) is 60.7 Å². The van der Waals surface area contributed by atoms with Gasteiger partial charge in [-0.1, -0.05) is 60.7 Å². The van der Waals surface area contributed by atoms with Crippen molar-refractivity contribution in [2.45, 2.75) is 44.8 Å². The van der Waals surface area contributed by atoms with Crippen LogP contribution in [0.2, 0.25) is 0 Å². The van der Waals surface area contributed by atoms with Gasteiger partial charge in [-0.05, 0) is 67.1 Å². The molecule has 0 fully saturated rings. The van der Waals surface area contributed by atoms with E-state index in [0.29, 0.717) is 18.7 Å². The summed E-state index contributed by atoms with van der Waals surface area (Å²) in [6, 6.07) is 21.7. The molecule has 1 aliphatic carbocycles. The number of carbonyl (C=O) groups excluding carboxylic acids is 2. The Bertz CT molecular complexity index is 1300. The number of ether oxygens (including phenoxy) is 3. The second kappa shape index (κ2) is 12.5. The first-order chi connectivity index (χ1) is 19.1. The van der Waals surface area contributed by atoms with E-state index in [-0.39, 0.29) is 19.1 Å². The second-order valence-corrected chi connectivity index (χ2v) is 10.5. The first-order valence-electron chi connectivity index (χ1n) is 13.1. The van der Waals surface area contributed by atoms with E-state index < -0.39 is 29.8 Å². The van der Waals surface area contributed by atoms with Crippen molar-refractivity contribution in [3.05, 3.63) is 89.5 Å². The van der Waals surface area contributed by atoms with Gasteiger partial charge in [0.05, 0.1) is 0 Å². The number of amides is 2. The Labute approximate surface area is 233 Å². The van der Waals surface area contributed by atoms with Crippen LogP contribution in [0.4, 0.5) is 9.59 Å². The Morgan fingerprint density at radius 3 is 2.05 bits per heavy atom. The van der Waals surface area contributed by atoms with Gasteiger partial charge in [0.15, 0.2) is 6.04 Å². The number of rotatable bonds is 10. The highest BCUT2D eigenvalue weighted by Gasteiger charge is 2.30. The first-order valence-corrected chi connectivity index (χ1v) is 13.1. The maximum atomic E-state index is 12.5. The number of aliphatic carboxylic acids is 1. The van der Waals surface area contributed by atoms with Gasteiger partial charge in [0.2, 0.25) is 0 Å². The summed E-state index contributed by atoms with van der Waals surface area (Å²) >= 11 is 0. The fraction of sp³-hybridized carbons (Fsp3) is 0.323. The summed E-state index contributed by atoms with van der Waals surface area (Å²) in [4.78, 5) is 36.0. The molecule has 0 saturated heterocycles. The third-order valence-electron chi connectivity index (χ3n) is 6.36. The summed E-state index contributed by atoms with van der Waals surface area (Å²) in [6.07, 6.45) is -0.720. The molecule has 0 radical (unpaired) electrons. The highest BCUT2D eigenvalue weighted by Crippen LogP contribution is 2.44. The van der Waals surface area contributed by atoms with Crippen LogP contribution in [0.25, 0.3) is 11.1 Å². The molecule has 3 aromatic rings. The van der Waals surface area contributed by atoms with E-state index in [4.69, 9.17) is 14.2 Å². The summed E-state index contributed by atoms with van der Waals surface area (Å²) in [5.41, 5.74) is 4.74. The van der Waals surface area contributed by atoms with E-state index in [9.17, 15) is 19.5 Å². The van der Waals surface area contributed by atoms with Gasteiger partial charge in [-0.3, -0.25) is 0 Å². The van der Waals surface area contributed by atoms with Gasteiger partial charge in [0, 0.05) is 12.5 Å². The number of nitrogens with one attached hydrogen (secondary N) is 2. The Kier molecular flexibility index (Phi) is 8.93. The van der Waals surface area contributed by atoms with Crippen molar-refractivity contribution >= 4 is 18.2 Å². The van der Waals surface area contributed by atoms with Crippen molar-refractivity contribution in [1.29, 1.82) is 0 Å². The van der Waals surface area contributed by atoms with Crippen molar-refractivity contribution in [3.63, 3.8) is 0 Å². The van der Waals surface area contributed by atoms with Crippen molar-refractivity contribution in [2.24, 2.45) is 0 Å². The summed E-state index contributed by atoms with van der Waals surface area (Å²) in [5.74, 6) is -0.918. The fourth-order valence-corrected chi connectivity index (χ4v) is 4.51. The molecule has 0 saturated carbocycles. The number of benzene rings is 3. The smallest absolute Gasteiger partial charge is 0.407 e. The van der Waals surface area contributed by atoms with Crippen LogP contribution in [0.15, 0.2) is 72.8 Å². The maximum absolute atomic E-state index is 12.5. The van der Waals surface area contributed by atoms with Crippen LogP contribution < -0.4 is 15.4 Å². The molecule has 9 nitrogen and oxygen atoms in total. The SMILES string of the molecule is CC(C)(C)OC(=O)NCCc1ccc(OCC(NC(=O)OCC2c3ccccc3-c3ccccc32)C(=O)O)cc1. The number of hydrogen-bond acceptors (Lipinski definition) is 6. The van der Waals surface area contributed by atoms with Crippen molar-refractivity contribution in [3.8, 4) is 16.9 Å². The minimum Gasteiger partial charge on any atom is -0.491 e. The van der Waals surface area contributed by atoms with Crippen LogP contribution in [0.1, 0.15) is 43.4 Å². The second-order valence-electron chi connectivity index (χ2n) is 10.5. The predicted octanol–water partition coefficient (Wildman–Crippen LogP) is 5.12. The predicted molar refractivity (Wildman–Crippen MR) is 150 cm³/mol. The molecule has 9 heteroatoms. The lowest BCUT2D eigenvalue weighted by Gasteiger charge is -2.19. The molecule has 2 amide bonds. The summed E-state index contributed by atoms with van der Waals surface area (Å²) < 4.78 is 16.3. The summed E-state index contributed by atoms with van der Waals surface area (Å²) in [6.45, 7) is 5.60. The monoisotopic (exact) mass is 546 g/mol. The van der Waals surface area contributed by atoms with E-state index in [1.54, 1.807) is 32.9 Å². The molecule has 210 valence electrons. The first kappa shape index (κ1) is 28.5. The molecule has 0 spiro atoms. The molecule has 1 unspecified atom stereocenters. The van der Waals surface area contributed by atoms with Crippen LogP contribution in [0, 0.1) is 0 Å². The largest absolute Gasteiger partial charge is 0.491 e. The van der Waals surface area contributed by atoms with E-state index in [0.717, 1.165) is 27.8 Å². The summed E-state index contributed by atoms with van der Waals surface area (Å²) in [7, 11) is 0. The Morgan fingerprint density at radius 2 is 1.48 bits per heavy atom. The number of fused-ring (bicyclic) bond motifs is 3. The standard InChI is InChI=1S/C31H34N2O7/c1-31(2,3)40-29(36)32-17-16-20-12-14-21(15-13-20)38-19-27(28(34)35)33-30(37)39-18-26-24-10-6-4-8-22(24)23-9-5-7-11-25(23)26/h4-15,26-27H,16-19H2,1-3H3,(H,32,36)(H,33,37)(H,34,35). The van der Waals surface area contributed by atoms with Crippen molar-refractivity contribution < 1.29 is 33.7 Å². The molecule has 3 N–H and O–H groups in total. The van der Waals surface area contributed by atoms with Gasteiger partial charge in [0.25, 0.3) is 0 Å². The van der Waals surface area contributed by atoms with E-state index >= 15 is 0 Å². The van der Waals surface area contributed by atoms with Gasteiger partial charge < -0.3 is 30.0 Å². The molecule has 4 rings (SSSR count).